The summed E-state index contributed by atoms with van der Waals surface area (Å²) in [7, 11) is 0. The molecule has 2 aliphatic rings. The topological polar surface area (TPSA) is 57.1 Å². The fraction of sp³-hybridized carbons (Fsp3) is 0.632. The molecule has 25 heavy (non-hydrogen) atoms. The van der Waals surface area contributed by atoms with Gasteiger partial charge in [0, 0.05) is 18.5 Å². The van der Waals surface area contributed by atoms with Crippen LogP contribution in [0.4, 0.5) is 0 Å². The number of ether oxygens (including phenoxy) is 1. The van der Waals surface area contributed by atoms with E-state index in [0.29, 0.717) is 13.2 Å². The molecular weight excluding hydrogens is 429 g/mol. The Morgan fingerprint density at radius 2 is 2.16 bits per heavy atom. The van der Waals surface area contributed by atoms with Crippen molar-refractivity contribution in [1.82, 2.24) is 10.2 Å². The summed E-state index contributed by atoms with van der Waals surface area (Å²) in [6, 6.07) is 8.42. The van der Waals surface area contributed by atoms with Gasteiger partial charge in [0.2, 0.25) is 0 Å². The molecule has 1 aromatic rings. The van der Waals surface area contributed by atoms with Crippen molar-refractivity contribution in [2.75, 3.05) is 39.4 Å². The van der Waals surface area contributed by atoms with Crippen LogP contribution in [0.5, 0.6) is 0 Å². The summed E-state index contributed by atoms with van der Waals surface area (Å²) < 4.78 is 6.02. The van der Waals surface area contributed by atoms with E-state index in [9.17, 15) is 5.11 Å². The molecule has 1 unspecified atom stereocenters. The lowest BCUT2D eigenvalue weighted by Gasteiger charge is -2.36. The van der Waals surface area contributed by atoms with Crippen LogP contribution in [0.1, 0.15) is 37.0 Å². The van der Waals surface area contributed by atoms with E-state index in [4.69, 9.17) is 9.73 Å². The zero-order chi connectivity index (χ0) is 17.0. The van der Waals surface area contributed by atoms with Gasteiger partial charge in [-0.2, -0.15) is 0 Å². The van der Waals surface area contributed by atoms with E-state index in [1.807, 2.05) is 0 Å². The highest BCUT2D eigenvalue weighted by molar-refractivity contribution is 14.0. The molecule has 2 fully saturated rings. The van der Waals surface area contributed by atoms with Crippen LogP contribution in [0, 0.1) is 12.3 Å². The lowest BCUT2D eigenvalue weighted by molar-refractivity contribution is -0.00837. The van der Waals surface area contributed by atoms with Crippen LogP contribution in [0.25, 0.3) is 0 Å². The molecule has 2 N–H and O–H groups in total. The molecule has 1 aliphatic carbocycles. The van der Waals surface area contributed by atoms with Gasteiger partial charge in [-0.05, 0) is 37.8 Å². The van der Waals surface area contributed by atoms with Crippen LogP contribution < -0.4 is 5.32 Å². The van der Waals surface area contributed by atoms with E-state index in [2.05, 4.69) is 48.3 Å². The maximum atomic E-state index is 9.51. The number of guanidine groups is 1. The third-order valence-corrected chi connectivity index (χ3v) is 5.09. The fourth-order valence-electron chi connectivity index (χ4n) is 3.19. The molecule has 1 saturated carbocycles. The zero-order valence-electron chi connectivity index (χ0n) is 15.2. The van der Waals surface area contributed by atoms with E-state index in [1.54, 1.807) is 0 Å². The molecule has 1 atom stereocenters. The van der Waals surface area contributed by atoms with E-state index >= 15 is 0 Å². The van der Waals surface area contributed by atoms with Gasteiger partial charge in [0.25, 0.3) is 0 Å². The van der Waals surface area contributed by atoms with Crippen LogP contribution >= 0.6 is 24.0 Å². The van der Waals surface area contributed by atoms with Crippen LogP contribution in [-0.2, 0) is 4.74 Å². The number of halogens is 1. The van der Waals surface area contributed by atoms with E-state index < -0.39 is 0 Å². The highest BCUT2D eigenvalue weighted by atomic mass is 127. The smallest absolute Gasteiger partial charge is 0.194 e. The van der Waals surface area contributed by atoms with Crippen LogP contribution in [0.2, 0.25) is 0 Å². The predicted octanol–water partition coefficient (Wildman–Crippen LogP) is 2.72. The van der Waals surface area contributed by atoms with Gasteiger partial charge in [-0.1, -0.05) is 24.3 Å². The molecule has 0 bridgehead atoms. The van der Waals surface area contributed by atoms with Crippen LogP contribution in [0.3, 0.4) is 0 Å². The third-order valence-electron chi connectivity index (χ3n) is 5.09. The fourth-order valence-corrected chi connectivity index (χ4v) is 3.19. The Labute approximate surface area is 167 Å². The van der Waals surface area contributed by atoms with Gasteiger partial charge >= 0.3 is 0 Å². The Balaban J connectivity index is 0.00000225. The number of rotatable bonds is 5. The average molecular weight is 459 g/mol. The molecule has 0 spiro atoms. The first-order valence-corrected chi connectivity index (χ1v) is 8.99. The summed E-state index contributed by atoms with van der Waals surface area (Å²) in [4.78, 5) is 7.10. The number of hydrogen-bond acceptors (Lipinski definition) is 3. The van der Waals surface area contributed by atoms with Crippen molar-refractivity contribution in [3.8, 4) is 0 Å². The van der Waals surface area contributed by atoms with Crippen molar-refractivity contribution in [3.63, 3.8) is 0 Å². The maximum absolute atomic E-state index is 9.51. The molecule has 1 aliphatic heterocycles. The summed E-state index contributed by atoms with van der Waals surface area (Å²) in [5, 5.41) is 12.9. The molecular formula is C19H30IN3O2. The number of aliphatic hydroxyl groups is 1. The number of nitrogens with one attached hydrogen (secondary N) is 1. The summed E-state index contributed by atoms with van der Waals surface area (Å²) in [6.45, 7) is 8.38. The quantitative estimate of drug-likeness (QED) is 0.404. The molecule has 0 radical (unpaired) electrons. The molecule has 0 amide bonds. The van der Waals surface area contributed by atoms with Crippen LogP contribution in [-0.4, -0.2) is 55.4 Å². The summed E-state index contributed by atoms with van der Waals surface area (Å²) in [6.07, 6.45) is 2.25. The molecule has 1 saturated heterocycles. The maximum Gasteiger partial charge on any atom is 0.194 e. The van der Waals surface area contributed by atoms with Gasteiger partial charge < -0.3 is 20.1 Å². The van der Waals surface area contributed by atoms with Crippen molar-refractivity contribution >= 4 is 29.9 Å². The molecule has 1 heterocycles. The van der Waals surface area contributed by atoms with Gasteiger partial charge in [-0.25, -0.2) is 0 Å². The van der Waals surface area contributed by atoms with Crippen molar-refractivity contribution in [2.45, 2.75) is 32.8 Å². The highest BCUT2D eigenvalue weighted by Gasteiger charge is 2.42. The van der Waals surface area contributed by atoms with Gasteiger partial charge in [0.15, 0.2) is 5.96 Å². The minimum atomic E-state index is 0. The number of benzene rings is 1. The minimum Gasteiger partial charge on any atom is -0.396 e. The zero-order valence-corrected chi connectivity index (χ0v) is 17.5. The minimum absolute atomic E-state index is 0. The molecule has 0 aromatic heterocycles. The first-order valence-electron chi connectivity index (χ1n) is 8.99. The van der Waals surface area contributed by atoms with Crippen molar-refractivity contribution in [3.05, 3.63) is 35.4 Å². The molecule has 5 nitrogen and oxygen atoms in total. The number of nitrogens with zero attached hydrogens (tertiary/aromatic N) is 2. The summed E-state index contributed by atoms with van der Waals surface area (Å²) in [5.41, 5.74) is 2.57. The van der Waals surface area contributed by atoms with E-state index in [1.165, 1.54) is 11.1 Å². The average Bonchev–Trinajstić information content (AvgIpc) is 3.40. The molecule has 140 valence electrons. The SMILES string of the molecule is CCNC(=NCC1(CO)CC1)N1CCOC(c2ccccc2C)C1.I. The third kappa shape index (κ3) is 5.08. The lowest BCUT2D eigenvalue weighted by Crippen LogP contribution is -2.48. The molecule has 1 aromatic carbocycles. The van der Waals surface area contributed by atoms with Crippen molar-refractivity contribution in [2.24, 2.45) is 10.4 Å². The number of aliphatic imine (C=N–C) groups is 1. The van der Waals surface area contributed by atoms with Crippen molar-refractivity contribution in [1.29, 1.82) is 0 Å². The van der Waals surface area contributed by atoms with Gasteiger partial charge in [0.05, 0.1) is 26.3 Å². The first kappa shape index (κ1) is 20.5. The van der Waals surface area contributed by atoms with Gasteiger partial charge in [0.1, 0.15) is 6.10 Å². The van der Waals surface area contributed by atoms with Crippen LogP contribution in [0.15, 0.2) is 29.3 Å². The van der Waals surface area contributed by atoms with E-state index in [-0.39, 0.29) is 42.1 Å². The number of hydrogen-bond donors (Lipinski definition) is 2. The lowest BCUT2D eigenvalue weighted by atomic mass is 10.0. The standard InChI is InChI=1S/C19H29N3O2.HI/c1-3-20-18(21-13-19(14-23)8-9-19)22-10-11-24-17(12-22)16-7-5-4-6-15(16)2;/h4-7,17,23H,3,8-14H2,1-2H3,(H,20,21);1H. The van der Waals surface area contributed by atoms with Crippen molar-refractivity contribution < 1.29 is 9.84 Å². The second-order valence-electron chi connectivity index (χ2n) is 6.99. The number of morpholine rings is 1. The largest absolute Gasteiger partial charge is 0.396 e. The van der Waals surface area contributed by atoms with E-state index in [0.717, 1.165) is 38.4 Å². The second kappa shape index (κ2) is 9.19. The Morgan fingerprint density at radius 3 is 2.80 bits per heavy atom. The van der Waals surface area contributed by atoms with Gasteiger partial charge in [-0.3, -0.25) is 4.99 Å². The first-order chi connectivity index (χ1) is 11.7. The Bertz CT molecular complexity index is 590. The monoisotopic (exact) mass is 459 g/mol. The Kier molecular flexibility index (Phi) is 7.51. The summed E-state index contributed by atoms with van der Waals surface area (Å²) >= 11 is 0. The molecule has 6 heteroatoms. The number of aliphatic hydroxyl groups excluding tert-OH is 1. The summed E-state index contributed by atoms with van der Waals surface area (Å²) in [5.74, 6) is 0.944. The van der Waals surface area contributed by atoms with Gasteiger partial charge in [-0.15, -0.1) is 24.0 Å². The highest BCUT2D eigenvalue weighted by Crippen LogP contribution is 2.45. The number of aryl methyl sites for hydroxylation is 1. The second-order valence-corrected chi connectivity index (χ2v) is 6.99. The predicted molar refractivity (Wildman–Crippen MR) is 112 cm³/mol. The Hall–Kier alpha value is -0.860. The molecule has 3 rings (SSSR count). The normalized spacial score (nSPS) is 22.3. The Morgan fingerprint density at radius 1 is 1.40 bits per heavy atom.